The molecule has 0 atom stereocenters. The van der Waals surface area contributed by atoms with Crippen LogP contribution in [0.2, 0.25) is 0 Å². The Kier molecular flexibility index (Phi) is 4.02. The number of Topliss-reactive ketones (excluding diaryl/α,β-unsaturated/α-hetero) is 1. The lowest BCUT2D eigenvalue weighted by molar-refractivity contribution is 0.0989. The van der Waals surface area contributed by atoms with Crippen LogP contribution in [0.5, 0.6) is 5.75 Å². The van der Waals surface area contributed by atoms with Crippen LogP contribution in [0.4, 0.5) is 5.69 Å². The van der Waals surface area contributed by atoms with Crippen LogP contribution in [-0.2, 0) is 6.42 Å². The van der Waals surface area contributed by atoms with E-state index in [0.29, 0.717) is 22.8 Å². The van der Waals surface area contributed by atoms with Gasteiger partial charge in [0.05, 0.1) is 19.2 Å². The number of carbonyl (C=O) groups excluding carboxylic acids is 1. The Morgan fingerprint density at radius 1 is 1.45 bits per heavy atom. The first kappa shape index (κ1) is 14.0. The van der Waals surface area contributed by atoms with Crippen molar-refractivity contribution in [2.45, 2.75) is 26.3 Å². The first-order valence-electron chi connectivity index (χ1n) is 6.38. The van der Waals surface area contributed by atoms with Crippen LogP contribution in [0.25, 0.3) is 0 Å². The second-order valence-corrected chi connectivity index (χ2v) is 4.74. The fraction of sp³-hybridized carbons (Fsp3) is 0.357. The lowest BCUT2D eigenvalue weighted by Gasteiger charge is -2.11. The number of para-hydroxylation sites is 1. The van der Waals surface area contributed by atoms with Crippen LogP contribution >= 0.6 is 0 Å². The van der Waals surface area contributed by atoms with E-state index in [1.165, 1.54) is 13.4 Å². The Morgan fingerprint density at radius 2 is 2.20 bits per heavy atom. The van der Waals surface area contributed by atoms with Crippen LogP contribution in [-0.4, -0.2) is 27.7 Å². The van der Waals surface area contributed by atoms with Gasteiger partial charge in [-0.05, 0) is 26.0 Å². The maximum absolute atomic E-state index is 12.4. The van der Waals surface area contributed by atoms with Gasteiger partial charge in [-0.1, -0.05) is 6.07 Å². The Balaban J connectivity index is 2.27. The minimum atomic E-state index is -0.101. The highest BCUT2D eigenvalue weighted by Gasteiger charge is 2.17. The van der Waals surface area contributed by atoms with Crippen molar-refractivity contribution in [3.05, 3.63) is 35.9 Å². The number of hydrogen-bond acceptors (Lipinski definition) is 5. The fourth-order valence-corrected chi connectivity index (χ4v) is 2.04. The molecule has 0 spiro atoms. The second-order valence-electron chi connectivity index (χ2n) is 4.74. The third-order valence-corrected chi connectivity index (χ3v) is 3.04. The molecular weight excluding hydrogens is 256 g/mol. The molecule has 106 valence electrons. The van der Waals surface area contributed by atoms with Gasteiger partial charge in [0.15, 0.2) is 5.78 Å². The van der Waals surface area contributed by atoms with Crippen molar-refractivity contribution in [1.29, 1.82) is 0 Å². The van der Waals surface area contributed by atoms with Gasteiger partial charge < -0.3 is 10.5 Å². The van der Waals surface area contributed by atoms with Crippen molar-refractivity contribution >= 4 is 11.5 Å². The van der Waals surface area contributed by atoms with Crippen molar-refractivity contribution in [3.8, 4) is 5.75 Å². The first-order valence-corrected chi connectivity index (χ1v) is 6.38. The number of carbonyl (C=O) groups is 1. The zero-order valence-corrected chi connectivity index (χ0v) is 11.8. The molecule has 0 unspecified atom stereocenters. The van der Waals surface area contributed by atoms with Crippen LogP contribution in [0, 0.1) is 0 Å². The molecule has 0 amide bonds. The number of rotatable bonds is 5. The van der Waals surface area contributed by atoms with Gasteiger partial charge >= 0.3 is 0 Å². The number of nitrogens with two attached hydrogens (primary N) is 1. The molecule has 0 aliphatic heterocycles. The molecule has 1 aromatic heterocycles. The molecule has 6 nitrogen and oxygen atoms in total. The molecule has 0 saturated heterocycles. The number of anilines is 1. The van der Waals surface area contributed by atoms with Gasteiger partial charge in [0, 0.05) is 11.6 Å². The SMILES string of the molecule is COc1cccc(C(=O)Cc2ncnn2C(C)C)c1N. The van der Waals surface area contributed by atoms with Crippen LogP contribution in [0.1, 0.15) is 36.1 Å². The molecule has 1 aromatic carbocycles. The van der Waals surface area contributed by atoms with E-state index in [-0.39, 0.29) is 18.2 Å². The number of ketones is 1. The van der Waals surface area contributed by atoms with E-state index in [4.69, 9.17) is 10.5 Å². The van der Waals surface area contributed by atoms with Gasteiger partial charge in [-0.2, -0.15) is 5.10 Å². The van der Waals surface area contributed by atoms with E-state index >= 15 is 0 Å². The number of ether oxygens (including phenoxy) is 1. The molecule has 0 bridgehead atoms. The van der Waals surface area contributed by atoms with Gasteiger partial charge in [-0.3, -0.25) is 4.79 Å². The van der Waals surface area contributed by atoms with E-state index < -0.39 is 0 Å². The predicted molar refractivity (Wildman–Crippen MR) is 75.8 cm³/mol. The van der Waals surface area contributed by atoms with Crippen molar-refractivity contribution in [2.24, 2.45) is 0 Å². The summed E-state index contributed by atoms with van der Waals surface area (Å²) in [5, 5.41) is 4.12. The summed E-state index contributed by atoms with van der Waals surface area (Å²) in [5.41, 5.74) is 6.74. The summed E-state index contributed by atoms with van der Waals surface area (Å²) < 4.78 is 6.85. The lowest BCUT2D eigenvalue weighted by atomic mass is 10.1. The van der Waals surface area contributed by atoms with Crippen LogP contribution < -0.4 is 10.5 Å². The molecule has 0 radical (unpaired) electrons. The van der Waals surface area contributed by atoms with Gasteiger partial charge in [-0.25, -0.2) is 9.67 Å². The van der Waals surface area contributed by atoms with Crippen molar-refractivity contribution in [1.82, 2.24) is 14.8 Å². The minimum absolute atomic E-state index is 0.101. The minimum Gasteiger partial charge on any atom is -0.495 e. The summed E-state index contributed by atoms with van der Waals surface area (Å²) in [6.07, 6.45) is 1.62. The van der Waals surface area contributed by atoms with Crippen molar-refractivity contribution < 1.29 is 9.53 Å². The van der Waals surface area contributed by atoms with E-state index in [2.05, 4.69) is 10.1 Å². The molecule has 0 aliphatic rings. The monoisotopic (exact) mass is 274 g/mol. The summed E-state index contributed by atoms with van der Waals surface area (Å²) in [7, 11) is 1.52. The average molecular weight is 274 g/mol. The Bertz CT molecular complexity index is 619. The summed E-state index contributed by atoms with van der Waals surface area (Å²) in [6, 6.07) is 5.32. The maximum Gasteiger partial charge on any atom is 0.172 e. The third kappa shape index (κ3) is 2.64. The second kappa shape index (κ2) is 5.73. The summed E-state index contributed by atoms with van der Waals surface area (Å²) >= 11 is 0. The summed E-state index contributed by atoms with van der Waals surface area (Å²) in [5.74, 6) is 1.03. The number of aromatic nitrogens is 3. The van der Waals surface area contributed by atoms with E-state index in [9.17, 15) is 4.79 Å². The zero-order chi connectivity index (χ0) is 14.7. The highest BCUT2D eigenvalue weighted by molar-refractivity contribution is 6.02. The van der Waals surface area contributed by atoms with E-state index in [1.807, 2.05) is 13.8 Å². The number of methoxy groups -OCH3 is 1. The Labute approximate surface area is 117 Å². The fourth-order valence-electron chi connectivity index (χ4n) is 2.04. The summed E-state index contributed by atoms with van der Waals surface area (Å²) in [4.78, 5) is 16.5. The molecule has 0 fully saturated rings. The van der Waals surface area contributed by atoms with E-state index in [1.54, 1.807) is 22.9 Å². The molecule has 6 heteroatoms. The van der Waals surface area contributed by atoms with Gasteiger partial charge in [0.2, 0.25) is 0 Å². The van der Waals surface area contributed by atoms with E-state index in [0.717, 1.165) is 0 Å². The standard InChI is InChI=1S/C14H18N4O2/c1-9(2)18-13(16-8-17-18)7-11(19)10-5-4-6-12(20-3)14(10)15/h4-6,8-9H,7,15H2,1-3H3. The van der Waals surface area contributed by atoms with Crippen LogP contribution in [0.3, 0.4) is 0 Å². The molecular formula is C14H18N4O2. The first-order chi connectivity index (χ1) is 9.54. The summed E-state index contributed by atoms with van der Waals surface area (Å²) in [6.45, 7) is 3.98. The maximum atomic E-state index is 12.4. The van der Waals surface area contributed by atoms with Gasteiger partial charge in [0.1, 0.15) is 17.9 Å². The number of hydrogen-bond donors (Lipinski definition) is 1. The largest absolute Gasteiger partial charge is 0.495 e. The molecule has 20 heavy (non-hydrogen) atoms. The quantitative estimate of drug-likeness (QED) is 0.664. The molecule has 0 aliphatic carbocycles. The van der Waals surface area contributed by atoms with Gasteiger partial charge in [-0.15, -0.1) is 0 Å². The smallest absolute Gasteiger partial charge is 0.172 e. The Hall–Kier alpha value is -2.37. The van der Waals surface area contributed by atoms with Crippen molar-refractivity contribution in [3.63, 3.8) is 0 Å². The molecule has 1 heterocycles. The molecule has 2 aromatic rings. The number of nitrogens with zero attached hydrogens (tertiary/aromatic N) is 3. The molecule has 2 rings (SSSR count). The number of benzene rings is 1. The third-order valence-electron chi connectivity index (χ3n) is 3.04. The topological polar surface area (TPSA) is 83.0 Å². The molecule has 0 saturated carbocycles. The van der Waals surface area contributed by atoms with Crippen LogP contribution in [0.15, 0.2) is 24.5 Å². The number of nitrogen functional groups attached to an aromatic ring is 1. The average Bonchev–Trinajstić information content (AvgIpc) is 2.87. The molecule has 2 N–H and O–H groups in total. The van der Waals surface area contributed by atoms with Crippen molar-refractivity contribution in [2.75, 3.05) is 12.8 Å². The zero-order valence-electron chi connectivity index (χ0n) is 11.8. The lowest BCUT2D eigenvalue weighted by Crippen LogP contribution is -2.14. The predicted octanol–water partition coefficient (Wildman–Crippen LogP) is 1.88. The highest BCUT2D eigenvalue weighted by Crippen LogP contribution is 2.25. The van der Waals surface area contributed by atoms with Gasteiger partial charge in [0.25, 0.3) is 0 Å². The highest BCUT2D eigenvalue weighted by atomic mass is 16.5. The normalized spacial score (nSPS) is 10.8. The Morgan fingerprint density at radius 3 is 2.85 bits per heavy atom.